The molecule has 17 heavy (non-hydrogen) atoms. The molecule has 90 valence electrons. The third kappa shape index (κ3) is 2.41. The molecule has 0 radical (unpaired) electrons. The van der Waals surface area contributed by atoms with Crippen LogP contribution >= 0.6 is 0 Å². The second-order valence-corrected chi connectivity index (χ2v) is 4.08. The molecule has 0 saturated carbocycles. The number of nitrogens with one attached hydrogen (secondary N) is 1. The Morgan fingerprint density at radius 2 is 2.24 bits per heavy atom. The first-order chi connectivity index (χ1) is 8.22. The molecule has 1 aromatic carbocycles. The minimum absolute atomic E-state index is 0.0209. The molecule has 0 atom stereocenters. The lowest BCUT2D eigenvalue weighted by atomic mass is 10.2. The molecular formula is C13H17N3O. The smallest absolute Gasteiger partial charge is 0.239 e. The summed E-state index contributed by atoms with van der Waals surface area (Å²) in [6.07, 6.45) is 2.84. The van der Waals surface area contributed by atoms with Crippen molar-refractivity contribution in [3.63, 3.8) is 0 Å². The molecule has 1 aromatic heterocycles. The molecule has 0 aliphatic carbocycles. The molecule has 0 saturated heterocycles. The van der Waals surface area contributed by atoms with Gasteiger partial charge in [-0.2, -0.15) is 0 Å². The molecule has 1 heterocycles. The third-order valence-electron chi connectivity index (χ3n) is 2.71. The second-order valence-electron chi connectivity index (χ2n) is 4.08. The predicted octanol–water partition coefficient (Wildman–Crippen LogP) is 1.75. The number of benzene rings is 1. The molecule has 0 bridgehead atoms. The van der Waals surface area contributed by atoms with Crippen molar-refractivity contribution in [3.05, 3.63) is 30.5 Å². The van der Waals surface area contributed by atoms with E-state index in [4.69, 9.17) is 5.73 Å². The minimum Gasteiger partial charge on any atom is -0.397 e. The number of nitrogens with two attached hydrogens (primary N) is 1. The van der Waals surface area contributed by atoms with Crippen LogP contribution in [-0.4, -0.2) is 17.0 Å². The van der Waals surface area contributed by atoms with Crippen LogP contribution in [0.4, 0.5) is 5.69 Å². The normalized spacial score (nSPS) is 10.6. The highest BCUT2D eigenvalue weighted by Gasteiger charge is 2.07. The quantitative estimate of drug-likeness (QED) is 0.787. The highest BCUT2D eigenvalue weighted by atomic mass is 16.1. The maximum absolute atomic E-state index is 11.7. The first-order valence-electron chi connectivity index (χ1n) is 5.82. The number of fused-ring (bicyclic) bond motifs is 1. The summed E-state index contributed by atoms with van der Waals surface area (Å²) >= 11 is 0. The van der Waals surface area contributed by atoms with Gasteiger partial charge in [0.05, 0.1) is 11.2 Å². The van der Waals surface area contributed by atoms with E-state index in [1.54, 1.807) is 0 Å². The zero-order chi connectivity index (χ0) is 12.3. The molecule has 2 rings (SSSR count). The molecule has 1 amide bonds. The van der Waals surface area contributed by atoms with Crippen LogP contribution in [0.15, 0.2) is 30.5 Å². The number of aromatic nitrogens is 1. The van der Waals surface area contributed by atoms with Crippen LogP contribution in [0.5, 0.6) is 0 Å². The van der Waals surface area contributed by atoms with Gasteiger partial charge in [-0.15, -0.1) is 0 Å². The Kier molecular flexibility index (Phi) is 3.32. The molecule has 2 aromatic rings. The Labute approximate surface area is 100 Å². The van der Waals surface area contributed by atoms with E-state index in [1.165, 1.54) is 0 Å². The van der Waals surface area contributed by atoms with E-state index >= 15 is 0 Å². The van der Waals surface area contributed by atoms with Crippen LogP contribution in [0.1, 0.15) is 13.3 Å². The second kappa shape index (κ2) is 4.91. The zero-order valence-electron chi connectivity index (χ0n) is 9.94. The lowest BCUT2D eigenvalue weighted by molar-refractivity contribution is -0.121. The Bertz CT molecular complexity index is 530. The maximum atomic E-state index is 11.7. The van der Waals surface area contributed by atoms with E-state index in [0.29, 0.717) is 18.8 Å². The lowest BCUT2D eigenvalue weighted by Gasteiger charge is -2.07. The summed E-state index contributed by atoms with van der Waals surface area (Å²) in [6.45, 7) is 3.06. The van der Waals surface area contributed by atoms with Gasteiger partial charge in [0.15, 0.2) is 0 Å². The Morgan fingerprint density at radius 3 is 3.00 bits per heavy atom. The predicted molar refractivity (Wildman–Crippen MR) is 69.7 cm³/mol. The molecule has 0 fully saturated rings. The van der Waals surface area contributed by atoms with Gasteiger partial charge in [-0.25, -0.2) is 0 Å². The van der Waals surface area contributed by atoms with Gasteiger partial charge < -0.3 is 15.6 Å². The fourth-order valence-electron chi connectivity index (χ4n) is 1.90. The monoisotopic (exact) mass is 231 g/mol. The topological polar surface area (TPSA) is 60.0 Å². The number of amides is 1. The first-order valence-corrected chi connectivity index (χ1v) is 5.82. The van der Waals surface area contributed by atoms with Crippen LogP contribution in [0, 0.1) is 0 Å². The average Bonchev–Trinajstić information content (AvgIpc) is 2.71. The van der Waals surface area contributed by atoms with Crippen molar-refractivity contribution in [1.29, 1.82) is 0 Å². The zero-order valence-corrected chi connectivity index (χ0v) is 9.94. The van der Waals surface area contributed by atoms with Gasteiger partial charge in [-0.05, 0) is 18.6 Å². The van der Waals surface area contributed by atoms with Crippen molar-refractivity contribution >= 4 is 22.5 Å². The van der Waals surface area contributed by atoms with Crippen LogP contribution in [-0.2, 0) is 11.3 Å². The van der Waals surface area contributed by atoms with Crippen molar-refractivity contribution in [2.45, 2.75) is 19.9 Å². The number of nitrogens with zero attached hydrogens (tertiary/aromatic N) is 1. The molecule has 0 aliphatic rings. The lowest BCUT2D eigenvalue weighted by Crippen LogP contribution is -2.27. The van der Waals surface area contributed by atoms with E-state index < -0.39 is 0 Å². The molecule has 0 aliphatic heterocycles. The summed E-state index contributed by atoms with van der Waals surface area (Å²) in [6, 6.07) is 7.73. The maximum Gasteiger partial charge on any atom is 0.239 e. The number of rotatable bonds is 4. The van der Waals surface area contributed by atoms with Gasteiger partial charge in [0.2, 0.25) is 5.91 Å². The van der Waals surface area contributed by atoms with Gasteiger partial charge in [0.1, 0.15) is 6.54 Å². The molecular weight excluding hydrogens is 214 g/mol. The van der Waals surface area contributed by atoms with Gasteiger partial charge >= 0.3 is 0 Å². The van der Waals surface area contributed by atoms with Gasteiger partial charge in [0, 0.05) is 18.1 Å². The van der Waals surface area contributed by atoms with E-state index in [0.717, 1.165) is 17.3 Å². The van der Waals surface area contributed by atoms with Crippen molar-refractivity contribution in [1.82, 2.24) is 9.88 Å². The Balaban J connectivity index is 2.22. The van der Waals surface area contributed by atoms with Crippen LogP contribution < -0.4 is 11.1 Å². The number of para-hydroxylation sites is 1. The van der Waals surface area contributed by atoms with Gasteiger partial charge in [-0.3, -0.25) is 4.79 Å². The summed E-state index contributed by atoms with van der Waals surface area (Å²) < 4.78 is 1.88. The summed E-state index contributed by atoms with van der Waals surface area (Å²) in [4.78, 5) is 11.7. The third-order valence-corrected chi connectivity index (χ3v) is 2.71. The number of hydrogen-bond donors (Lipinski definition) is 2. The summed E-state index contributed by atoms with van der Waals surface area (Å²) in [5, 5.41) is 3.92. The van der Waals surface area contributed by atoms with E-state index in [1.807, 2.05) is 42.0 Å². The standard InChI is InChI=1S/C13H17N3O/c1-2-7-15-12(17)9-16-8-6-10-4-3-5-11(14)13(10)16/h3-6,8H,2,7,9,14H2,1H3,(H,15,17). The number of anilines is 1. The highest BCUT2D eigenvalue weighted by Crippen LogP contribution is 2.21. The van der Waals surface area contributed by atoms with Gasteiger partial charge in [0.25, 0.3) is 0 Å². The SMILES string of the molecule is CCCNC(=O)Cn1ccc2cccc(N)c21. The minimum atomic E-state index is 0.0209. The number of nitrogen functional groups attached to an aromatic ring is 1. The average molecular weight is 231 g/mol. The first kappa shape index (κ1) is 11.5. The number of carbonyl (C=O) groups is 1. The number of carbonyl (C=O) groups excluding carboxylic acids is 1. The fourth-order valence-corrected chi connectivity index (χ4v) is 1.90. The molecule has 4 nitrogen and oxygen atoms in total. The summed E-state index contributed by atoms with van der Waals surface area (Å²) in [5.74, 6) is 0.0209. The molecule has 0 unspecified atom stereocenters. The summed E-state index contributed by atoms with van der Waals surface area (Å²) in [5.41, 5.74) is 7.56. The largest absolute Gasteiger partial charge is 0.397 e. The van der Waals surface area contributed by atoms with Crippen LogP contribution in [0.25, 0.3) is 10.9 Å². The number of hydrogen-bond acceptors (Lipinski definition) is 2. The van der Waals surface area contributed by atoms with E-state index in [2.05, 4.69) is 5.32 Å². The van der Waals surface area contributed by atoms with E-state index in [9.17, 15) is 4.79 Å². The van der Waals surface area contributed by atoms with Crippen molar-refractivity contribution in [2.24, 2.45) is 0 Å². The van der Waals surface area contributed by atoms with E-state index in [-0.39, 0.29) is 5.91 Å². The molecule has 3 N–H and O–H groups in total. The molecule has 0 spiro atoms. The Hall–Kier alpha value is -1.97. The van der Waals surface area contributed by atoms with Gasteiger partial charge in [-0.1, -0.05) is 19.1 Å². The van der Waals surface area contributed by atoms with Crippen molar-refractivity contribution in [3.8, 4) is 0 Å². The Morgan fingerprint density at radius 1 is 1.41 bits per heavy atom. The van der Waals surface area contributed by atoms with Crippen molar-refractivity contribution < 1.29 is 4.79 Å². The molecule has 4 heteroatoms. The van der Waals surface area contributed by atoms with Crippen LogP contribution in [0.3, 0.4) is 0 Å². The fraction of sp³-hybridized carbons (Fsp3) is 0.308. The van der Waals surface area contributed by atoms with Crippen LogP contribution in [0.2, 0.25) is 0 Å². The van der Waals surface area contributed by atoms with Crippen molar-refractivity contribution in [2.75, 3.05) is 12.3 Å². The highest BCUT2D eigenvalue weighted by molar-refractivity contribution is 5.91. The summed E-state index contributed by atoms with van der Waals surface area (Å²) in [7, 11) is 0.